The van der Waals surface area contributed by atoms with Gasteiger partial charge in [-0.1, -0.05) is 46.4 Å². The highest BCUT2D eigenvalue weighted by molar-refractivity contribution is 6.44. The summed E-state index contributed by atoms with van der Waals surface area (Å²) in [7, 11) is 0. The van der Waals surface area contributed by atoms with Crippen LogP contribution in [-0.4, -0.2) is 9.97 Å². The molecular weight excluding hydrogens is 311 g/mol. The number of nitrogens with zero attached hydrogens (tertiary/aromatic N) is 3. The molecule has 0 atom stereocenters. The van der Waals surface area contributed by atoms with Gasteiger partial charge in [0.25, 0.3) is 0 Å². The standard InChI is InChI=1S/C9Cl4FN3/c10-4-2(1-15)7(11)16-6-3(4)8(12)17-9(13)5(6)14. The summed E-state index contributed by atoms with van der Waals surface area (Å²) in [5, 5.41) is 7.94. The summed E-state index contributed by atoms with van der Waals surface area (Å²) in [5.41, 5.74) is -0.310. The number of pyridine rings is 2. The minimum atomic E-state index is -0.889. The van der Waals surface area contributed by atoms with Gasteiger partial charge in [0.1, 0.15) is 27.5 Å². The van der Waals surface area contributed by atoms with Crippen LogP contribution >= 0.6 is 46.4 Å². The number of nitriles is 1. The molecule has 0 spiro atoms. The molecule has 0 amide bonds. The molecule has 2 aromatic rings. The molecule has 2 heterocycles. The van der Waals surface area contributed by atoms with Crippen LogP contribution in [0.2, 0.25) is 20.5 Å². The lowest BCUT2D eigenvalue weighted by molar-refractivity contribution is 0.631. The molecule has 3 nitrogen and oxygen atoms in total. The first-order chi connectivity index (χ1) is 7.97. The van der Waals surface area contributed by atoms with E-state index in [1.165, 1.54) is 0 Å². The maximum absolute atomic E-state index is 13.7. The van der Waals surface area contributed by atoms with Crippen molar-refractivity contribution in [2.75, 3.05) is 0 Å². The third kappa shape index (κ3) is 1.90. The Hall–Kier alpha value is -0.860. The van der Waals surface area contributed by atoms with Gasteiger partial charge in [0.05, 0.1) is 10.4 Å². The second-order valence-electron chi connectivity index (χ2n) is 2.93. The van der Waals surface area contributed by atoms with Crippen molar-refractivity contribution in [3.05, 3.63) is 31.9 Å². The van der Waals surface area contributed by atoms with E-state index in [0.717, 1.165) is 0 Å². The van der Waals surface area contributed by atoms with Crippen molar-refractivity contribution in [2.45, 2.75) is 0 Å². The van der Waals surface area contributed by atoms with Gasteiger partial charge in [0.2, 0.25) is 0 Å². The van der Waals surface area contributed by atoms with Crippen LogP contribution in [-0.2, 0) is 0 Å². The molecule has 0 aromatic carbocycles. The Morgan fingerprint density at radius 1 is 1.00 bits per heavy atom. The van der Waals surface area contributed by atoms with E-state index in [1.54, 1.807) is 6.07 Å². The fourth-order valence-corrected chi connectivity index (χ4v) is 2.38. The summed E-state index contributed by atoms with van der Waals surface area (Å²) in [5.74, 6) is -0.889. The Labute approximate surface area is 115 Å². The van der Waals surface area contributed by atoms with E-state index in [1.807, 2.05) is 0 Å². The molecule has 0 bridgehead atoms. The van der Waals surface area contributed by atoms with Gasteiger partial charge in [-0.25, -0.2) is 14.4 Å². The van der Waals surface area contributed by atoms with Crippen molar-refractivity contribution >= 4 is 57.3 Å². The van der Waals surface area contributed by atoms with Gasteiger partial charge in [0, 0.05) is 0 Å². The molecule has 86 valence electrons. The molecule has 0 saturated carbocycles. The van der Waals surface area contributed by atoms with Gasteiger partial charge < -0.3 is 0 Å². The summed E-state index contributed by atoms with van der Waals surface area (Å²) in [6.45, 7) is 0. The molecule has 0 N–H and O–H groups in total. The number of aromatic nitrogens is 2. The molecule has 0 aliphatic carbocycles. The molecule has 17 heavy (non-hydrogen) atoms. The summed E-state index contributed by atoms with van der Waals surface area (Å²) in [6, 6.07) is 1.75. The molecule has 0 saturated heterocycles. The number of hydrogen-bond donors (Lipinski definition) is 0. The van der Waals surface area contributed by atoms with Crippen molar-refractivity contribution in [3.63, 3.8) is 0 Å². The maximum Gasteiger partial charge on any atom is 0.186 e. The Morgan fingerprint density at radius 2 is 1.65 bits per heavy atom. The van der Waals surface area contributed by atoms with Crippen LogP contribution < -0.4 is 0 Å². The van der Waals surface area contributed by atoms with Gasteiger partial charge in [-0.15, -0.1) is 0 Å². The molecular formula is C9Cl4FN3. The van der Waals surface area contributed by atoms with Crippen LogP contribution in [0.4, 0.5) is 4.39 Å². The van der Waals surface area contributed by atoms with Crippen LogP contribution in [0.15, 0.2) is 0 Å². The number of halogens is 5. The smallest absolute Gasteiger partial charge is 0.186 e. The largest absolute Gasteiger partial charge is 0.231 e. The number of fused-ring (bicyclic) bond motifs is 1. The molecule has 0 radical (unpaired) electrons. The van der Waals surface area contributed by atoms with Crippen LogP contribution in [0.3, 0.4) is 0 Å². The normalized spacial score (nSPS) is 10.6. The minimum absolute atomic E-state index is 0.0104. The van der Waals surface area contributed by atoms with Crippen molar-refractivity contribution < 1.29 is 4.39 Å². The fraction of sp³-hybridized carbons (Fsp3) is 0. The van der Waals surface area contributed by atoms with E-state index in [9.17, 15) is 4.39 Å². The predicted octanol–water partition coefficient (Wildman–Crippen LogP) is 4.25. The highest BCUT2D eigenvalue weighted by Gasteiger charge is 2.20. The summed E-state index contributed by atoms with van der Waals surface area (Å²) >= 11 is 22.9. The van der Waals surface area contributed by atoms with E-state index in [-0.39, 0.29) is 31.8 Å². The van der Waals surface area contributed by atoms with Crippen molar-refractivity contribution in [3.8, 4) is 6.07 Å². The van der Waals surface area contributed by atoms with E-state index >= 15 is 0 Å². The molecule has 0 unspecified atom stereocenters. The monoisotopic (exact) mass is 309 g/mol. The van der Waals surface area contributed by atoms with Gasteiger partial charge >= 0.3 is 0 Å². The molecule has 0 aliphatic heterocycles. The lowest BCUT2D eigenvalue weighted by atomic mass is 10.2. The second-order valence-corrected chi connectivity index (χ2v) is 4.39. The Kier molecular flexibility index (Phi) is 3.28. The van der Waals surface area contributed by atoms with Crippen LogP contribution in [0, 0.1) is 17.1 Å². The van der Waals surface area contributed by atoms with Crippen molar-refractivity contribution in [1.29, 1.82) is 5.26 Å². The van der Waals surface area contributed by atoms with E-state index in [0.29, 0.717) is 0 Å². The predicted molar refractivity (Wildman–Crippen MR) is 64.3 cm³/mol. The lowest BCUT2D eigenvalue weighted by Gasteiger charge is -2.07. The van der Waals surface area contributed by atoms with E-state index in [4.69, 9.17) is 51.7 Å². The minimum Gasteiger partial charge on any atom is -0.231 e. The Bertz CT molecular complexity index is 680. The number of hydrogen-bond acceptors (Lipinski definition) is 3. The van der Waals surface area contributed by atoms with Gasteiger partial charge in [-0.2, -0.15) is 5.26 Å². The topological polar surface area (TPSA) is 49.6 Å². The first kappa shape index (κ1) is 12.6. The van der Waals surface area contributed by atoms with E-state index in [2.05, 4.69) is 9.97 Å². The van der Waals surface area contributed by atoms with Gasteiger partial charge in [-0.3, -0.25) is 0 Å². The average Bonchev–Trinajstić information content (AvgIpc) is 2.25. The molecule has 0 fully saturated rings. The summed E-state index contributed by atoms with van der Waals surface area (Å²) < 4.78 is 13.7. The third-order valence-electron chi connectivity index (χ3n) is 2.00. The van der Waals surface area contributed by atoms with Crippen LogP contribution in [0.1, 0.15) is 5.56 Å². The van der Waals surface area contributed by atoms with Gasteiger partial charge in [0.15, 0.2) is 11.0 Å². The zero-order valence-electron chi connectivity index (χ0n) is 7.73. The highest BCUT2D eigenvalue weighted by atomic mass is 35.5. The fourth-order valence-electron chi connectivity index (χ4n) is 1.26. The van der Waals surface area contributed by atoms with Crippen LogP contribution in [0.25, 0.3) is 10.9 Å². The van der Waals surface area contributed by atoms with E-state index < -0.39 is 11.0 Å². The Morgan fingerprint density at radius 3 is 2.24 bits per heavy atom. The first-order valence-electron chi connectivity index (χ1n) is 4.06. The van der Waals surface area contributed by atoms with Gasteiger partial charge in [-0.05, 0) is 0 Å². The van der Waals surface area contributed by atoms with Crippen molar-refractivity contribution in [2.24, 2.45) is 0 Å². The molecule has 2 aromatic heterocycles. The summed E-state index contributed by atoms with van der Waals surface area (Å²) in [6.07, 6.45) is 0. The lowest BCUT2D eigenvalue weighted by Crippen LogP contribution is -1.95. The van der Waals surface area contributed by atoms with Crippen molar-refractivity contribution in [1.82, 2.24) is 9.97 Å². The summed E-state index contributed by atoms with van der Waals surface area (Å²) in [4.78, 5) is 7.25. The third-order valence-corrected chi connectivity index (χ3v) is 3.17. The molecule has 0 aliphatic rings. The number of rotatable bonds is 0. The first-order valence-corrected chi connectivity index (χ1v) is 5.57. The van der Waals surface area contributed by atoms with Crippen LogP contribution in [0.5, 0.6) is 0 Å². The molecule has 8 heteroatoms. The quantitative estimate of drug-likeness (QED) is 0.683. The molecule has 2 rings (SSSR count). The zero-order chi connectivity index (χ0) is 12.7. The SMILES string of the molecule is N#Cc1c(Cl)nc2c(F)c(Cl)nc(Cl)c2c1Cl. The zero-order valence-corrected chi connectivity index (χ0v) is 10.8. The maximum atomic E-state index is 13.7. The highest BCUT2D eigenvalue weighted by Crippen LogP contribution is 2.36. The average molecular weight is 311 g/mol. The Balaban J connectivity index is 3.08. The second kappa shape index (κ2) is 4.43.